The first-order valence-electron chi connectivity index (χ1n) is 5.19. The average Bonchev–Trinajstić information content (AvgIpc) is 2.15. The number of rotatable bonds is 5. The van der Waals surface area contributed by atoms with Crippen molar-refractivity contribution in [2.75, 3.05) is 0 Å². The fraction of sp³-hybridized carbons (Fsp3) is 0.417. The van der Waals surface area contributed by atoms with Gasteiger partial charge in [0.15, 0.2) is 0 Å². The zero-order valence-electron chi connectivity index (χ0n) is 9.56. The van der Waals surface area contributed by atoms with Gasteiger partial charge in [0.1, 0.15) is 5.75 Å². The van der Waals surface area contributed by atoms with Gasteiger partial charge in [-0.25, -0.2) is 0 Å². The Hall–Kier alpha value is -1.65. The lowest BCUT2D eigenvalue weighted by atomic mass is 9.88. The highest BCUT2D eigenvalue weighted by molar-refractivity contribution is 5.76. The number of halogens is 2. The molecule has 0 saturated carbocycles. The van der Waals surface area contributed by atoms with Gasteiger partial charge in [0.2, 0.25) is 0 Å². The van der Waals surface area contributed by atoms with Crippen molar-refractivity contribution in [2.24, 2.45) is 5.92 Å². The molecule has 0 aliphatic rings. The number of hydrogen-bond donors (Lipinski definition) is 1. The second-order valence-corrected chi connectivity index (χ2v) is 4.01. The zero-order valence-corrected chi connectivity index (χ0v) is 9.56. The molecule has 1 aromatic rings. The van der Waals surface area contributed by atoms with Gasteiger partial charge >= 0.3 is 12.6 Å². The monoisotopic (exact) mass is 244 g/mol. The molecule has 1 N–H and O–H groups in total. The first-order valence-corrected chi connectivity index (χ1v) is 5.19. The predicted molar refractivity (Wildman–Crippen MR) is 58.3 cm³/mol. The smallest absolute Gasteiger partial charge is 0.387 e. The molecule has 0 aliphatic carbocycles. The standard InChI is InChI=1S/C12H14F2O3/c1-7(2)10(11(15)16)8-4-3-5-9(6-8)17-12(13)14/h3-7,10,12H,1-2H3,(H,15,16). The largest absolute Gasteiger partial charge is 0.481 e. The van der Waals surface area contributed by atoms with Crippen molar-refractivity contribution >= 4 is 5.97 Å². The van der Waals surface area contributed by atoms with E-state index in [1.165, 1.54) is 18.2 Å². The molecule has 1 atom stereocenters. The number of aliphatic carboxylic acids is 1. The minimum absolute atomic E-state index is 0.0237. The van der Waals surface area contributed by atoms with Crippen molar-refractivity contribution in [3.8, 4) is 5.75 Å². The molecule has 0 fully saturated rings. The number of hydrogen-bond acceptors (Lipinski definition) is 2. The summed E-state index contributed by atoms with van der Waals surface area (Å²) in [6.07, 6.45) is 0. The van der Waals surface area contributed by atoms with Crippen LogP contribution in [0.1, 0.15) is 25.3 Å². The maximum Gasteiger partial charge on any atom is 0.387 e. The summed E-state index contributed by atoms with van der Waals surface area (Å²) < 4.78 is 28.3. The van der Waals surface area contributed by atoms with Gasteiger partial charge in [-0.2, -0.15) is 8.78 Å². The van der Waals surface area contributed by atoms with E-state index < -0.39 is 18.5 Å². The number of carboxylic acids is 1. The fourth-order valence-corrected chi connectivity index (χ4v) is 1.70. The van der Waals surface area contributed by atoms with Gasteiger partial charge in [-0.05, 0) is 23.6 Å². The van der Waals surface area contributed by atoms with Gasteiger partial charge < -0.3 is 9.84 Å². The predicted octanol–water partition coefficient (Wildman–Crippen LogP) is 3.11. The van der Waals surface area contributed by atoms with E-state index in [1.807, 2.05) is 0 Å². The molecule has 0 amide bonds. The number of carbonyl (C=O) groups is 1. The highest BCUT2D eigenvalue weighted by atomic mass is 19.3. The molecular weight excluding hydrogens is 230 g/mol. The molecule has 0 saturated heterocycles. The molecule has 94 valence electrons. The third-order valence-corrected chi connectivity index (χ3v) is 2.38. The number of ether oxygens (including phenoxy) is 1. The highest BCUT2D eigenvalue weighted by Crippen LogP contribution is 2.28. The summed E-state index contributed by atoms with van der Waals surface area (Å²) in [5.74, 6) is -1.86. The zero-order chi connectivity index (χ0) is 13.0. The molecule has 1 aromatic carbocycles. The Morgan fingerprint density at radius 1 is 1.35 bits per heavy atom. The van der Waals surface area contributed by atoms with Crippen LogP contribution in [0.4, 0.5) is 8.78 Å². The molecule has 0 aromatic heterocycles. The van der Waals surface area contributed by atoms with Gasteiger partial charge in [-0.1, -0.05) is 26.0 Å². The molecule has 0 bridgehead atoms. The van der Waals surface area contributed by atoms with Crippen LogP contribution < -0.4 is 4.74 Å². The van der Waals surface area contributed by atoms with Crippen molar-refractivity contribution < 1.29 is 23.4 Å². The third kappa shape index (κ3) is 3.69. The third-order valence-electron chi connectivity index (χ3n) is 2.38. The topological polar surface area (TPSA) is 46.5 Å². The molecular formula is C12H14F2O3. The van der Waals surface area contributed by atoms with Crippen LogP contribution in [-0.2, 0) is 4.79 Å². The summed E-state index contributed by atoms with van der Waals surface area (Å²) in [4.78, 5) is 11.1. The summed E-state index contributed by atoms with van der Waals surface area (Å²) in [6, 6.07) is 5.81. The van der Waals surface area contributed by atoms with Crippen molar-refractivity contribution in [1.82, 2.24) is 0 Å². The Bertz CT molecular complexity index is 391. The molecule has 0 spiro atoms. The quantitative estimate of drug-likeness (QED) is 0.865. The van der Waals surface area contributed by atoms with E-state index in [2.05, 4.69) is 4.74 Å². The van der Waals surface area contributed by atoms with E-state index in [0.717, 1.165) is 0 Å². The molecule has 1 unspecified atom stereocenters. The van der Waals surface area contributed by atoms with Crippen molar-refractivity contribution in [3.05, 3.63) is 29.8 Å². The normalized spacial score (nSPS) is 12.8. The Balaban J connectivity index is 3.00. The Kier molecular flexibility index (Phi) is 4.43. The van der Waals surface area contributed by atoms with Crippen molar-refractivity contribution in [3.63, 3.8) is 0 Å². The van der Waals surface area contributed by atoms with Gasteiger partial charge in [0, 0.05) is 0 Å². The van der Waals surface area contributed by atoms with Gasteiger partial charge in [0.05, 0.1) is 5.92 Å². The maximum absolute atomic E-state index is 12.0. The van der Waals surface area contributed by atoms with Gasteiger partial charge in [-0.15, -0.1) is 0 Å². The second-order valence-electron chi connectivity index (χ2n) is 4.01. The SMILES string of the molecule is CC(C)C(C(=O)O)c1cccc(OC(F)F)c1. The van der Waals surface area contributed by atoms with Crippen LogP contribution in [0.5, 0.6) is 5.75 Å². The molecule has 17 heavy (non-hydrogen) atoms. The second kappa shape index (κ2) is 5.61. The van der Waals surface area contributed by atoms with Crippen LogP contribution in [0.3, 0.4) is 0 Å². The maximum atomic E-state index is 12.0. The summed E-state index contributed by atoms with van der Waals surface area (Å²) >= 11 is 0. The Morgan fingerprint density at radius 2 is 2.00 bits per heavy atom. The van der Waals surface area contributed by atoms with Gasteiger partial charge in [0.25, 0.3) is 0 Å². The average molecular weight is 244 g/mol. The summed E-state index contributed by atoms with van der Waals surface area (Å²) in [7, 11) is 0. The van der Waals surface area contributed by atoms with E-state index in [-0.39, 0.29) is 11.7 Å². The van der Waals surface area contributed by atoms with E-state index in [9.17, 15) is 13.6 Å². The minimum Gasteiger partial charge on any atom is -0.481 e. The molecule has 0 heterocycles. The van der Waals surface area contributed by atoms with Crippen molar-refractivity contribution in [1.29, 1.82) is 0 Å². The summed E-state index contributed by atoms with van der Waals surface area (Å²) in [5.41, 5.74) is 0.464. The molecule has 5 heteroatoms. The lowest BCUT2D eigenvalue weighted by Gasteiger charge is -2.17. The van der Waals surface area contributed by atoms with Crippen molar-refractivity contribution in [2.45, 2.75) is 26.4 Å². The summed E-state index contributed by atoms with van der Waals surface area (Å²) in [6.45, 7) is 0.617. The van der Waals surface area contributed by atoms with E-state index in [0.29, 0.717) is 5.56 Å². The van der Waals surface area contributed by atoms with Crippen LogP contribution >= 0.6 is 0 Å². The lowest BCUT2D eigenvalue weighted by molar-refractivity contribution is -0.139. The van der Waals surface area contributed by atoms with E-state index in [1.54, 1.807) is 19.9 Å². The van der Waals surface area contributed by atoms with E-state index in [4.69, 9.17) is 5.11 Å². The number of benzene rings is 1. The Morgan fingerprint density at radius 3 is 2.47 bits per heavy atom. The minimum atomic E-state index is -2.91. The molecule has 0 aliphatic heterocycles. The van der Waals surface area contributed by atoms with Crippen LogP contribution in [0.25, 0.3) is 0 Å². The van der Waals surface area contributed by atoms with Crippen LogP contribution in [0.2, 0.25) is 0 Å². The van der Waals surface area contributed by atoms with Crippen LogP contribution in [0.15, 0.2) is 24.3 Å². The first-order chi connectivity index (χ1) is 7.91. The van der Waals surface area contributed by atoms with Crippen LogP contribution in [-0.4, -0.2) is 17.7 Å². The van der Waals surface area contributed by atoms with Crippen LogP contribution in [0, 0.1) is 5.92 Å². The molecule has 1 rings (SSSR count). The summed E-state index contributed by atoms with van der Waals surface area (Å²) in [5, 5.41) is 9.08. The first kappa shape index (κ1) is 13.4. The Labute approximate surface area is 98.0 Å². The fourth-order valence-electron chi connectivity index (χ4n) is 1.70. The highest BCUT2D eigenvalue weighted by Gasteiger charge is 2.24. The van der Waals surface area contributed by atoms with Gasteiger partial charge in [-0.3, -0.25) is 4.79 Å². The molecule has 0 radical (unpaired) electrons. The number of alkyl halides is 2. The number of carboxylic acid groups (broad SMARTS) is 1. The molecule has 3 nitrogen and oxygen atoms in total. The lowest BCUT2D eigenvalue weighted by Crippen LogP contribution is -2.17. The van der Waals surface area contributed by atoms with E-state index >= 15 is 0 Å².